The van der Waals surface area contributed by atoms with Gasteiger partial charge >= 0.3 is 0 Å². The van der Waals surface area contributed by atoms with Crippen molar-refractivity contribution >= 4 is 15.9 Å². The van der Waals surface area contributed by atoms with Crippen molar-refractivity contribution in [2.45, 2.75) is 6.29 Å². The molecule has 0 aromatic carbocycles. The molecule has 3 nitrogen and oxygen atoms in total. The molecule has 0 spiro atoms. The van der Waals surface area contributed by atoms with Gasteiger partial charge in [0, 0.05) is 12.4 Å². The maximum absolute atomic E-state index is 8.49. The minimum atomic E-state index is -0.470. The molecule has 0 unspecified atom stereocenters. The van der Waals surface area contributed by atoms with E-state index >= 15 is 0 Å². The zero-order valence-electron chi connectivity index (χ0n) is 5.34. The highest BCUT2D eigenvalue weighted by Gasteiger charge is 2.02. The third kappa shape index (κ3) is 4.84. The summed E-state index contributed by atoms with van der Waals surface area (Å²) in [5.41, 5.74) is 0. The first-order valence-corrected chi connectivity index (χ1v) is 3.78. The Kier molecular flexibility index (Phi) is 6.74. The Morgan fingerprint density at radius 3 is 2.67 bits per heavy atom. The lowest BCUT2D eigenvalue weighted by Crippen LogP contribution is -2.20. The summed E-state index contributed by atoms with van der Waals surface area (Å²) in [5.74, 6) is 0. The van der Waals surface area contributed by atoms with Crippen LogP contribution in [0.1, 0.15) is 0 Å². The fourth-order valence-electron chi connectivity index (χ4n) is 0.371. The minimum absolute atomic E-state index is 0.0938. The highest BCUT2D eigenvalue weighted by Crippen LogP contribution is 1.91. The normalized spacial score (nSPS) is 13.7. The molecule has 0 amide bonds. The average Bonchev–Trinajstić information content (AvgIpc) is 1.91. The number of hydrogen-bond donors (Lipinski definition) is 1. The fourth-order valence-corrected chi connectivity index (χ4v) is 0.558. The van der Waals surface area contributed by atoms with Crippen LogP contribution in [0.4, 0.5) is 0 Å². The first kappa shape index (κ1) is 9.36. The number of hydrogen-bond acceptors (Lipinski definition) is 3. The predicted molar refractivity (Wildman–Crippen MR) is 37.6 cm³/mol. The highest BCUT2D eigenvalue weighted by molar-refractivity contribution is 9.09. The van der Waals surface area contributed by atoms with Crippen LogP contribution in [0.15, 0.2) is 0 Å². The second kappa shape index (κ2) is 6.48. The Morgan fingerprint density at radius 1 is 1.67 bits per heavy atom. The molecule has 0 heterocycles. The lowest BCUT2D eigenvalue weighted by molar-refractivity contribution is -0.141. The summed E-state index contributed by atoms with van der Waals surface area (Å²) in [6, 6.07) is 0. The molecule has 0 aromatic heterocycles. The van der Waals surface area contributed by atoms with Crippen LogP contribution in [0.3, 0.4) is 0 Å². The van der Waals surface area contributed by atoms with Crippen molar-refractivity contribution < 1.29 is 14.6 Å². The van der Waals surface area contributed by atoms with Crippen LogP contribution in [-0.4, -0.2) is 37.1 Å². The molecule has 0 rings (SSSR count). The summed E-state index contributed by atoms with van der Waals surface area (Å²) >= 11 is 3.17. The summed E-state index contributed by atoms with van der Waals surface area (Å²) < 4.78 is 9.68. The van der Waals surface area contributed by atoms with Gasteiger partial charge in [-0.3, -0.25) is 0 Å². The van der Waals surface area contributed by atoms with E-state index in [1.807, 2.05) is 0 Å². The molecule has 0 bridgehead atoms. The SMILES string of the molecule is CO[C@H](CO)OCCBr. The first-order valence-electron chi connectivity index (χ1n) is 2.66. The Balaban J connectivity index is 3.09. The molecule has 0 aliphatic carbocycles. The Morgan fingerprint density at radius 2 is 2.33 bits per heavy atom. The highest BCUT2D eigenvalue weighted by atomic mass is 79.9. The van der Waals surface area contributed by atoms with E-state index in [9.17, 15) is 0 Å². The molecule has 0 aliphatic heterocycles. The number of ether oxygens (including phenoxy) is 2. The third-order valence-electron chi connectivity index (χ3n) is 0.793. The van der Waals surface area contributed by atoms with Crippen molar-refractivity contribution in [1.82, 2.24) is 0 Å². The summed E-state index contributed by atoms with van der Waals surface area (Å²) in [6.45, 7) is 0.461. The fraction of sp³-hybridized carbons (Fsp3) is 1.00. The molecule has 0 radical (unpaired) electrons. The molecule has 9 heavy (non-hydrogen) atoms. The van der Waals surface area contributed by atoms with Crippen molar-refractivity contribution in [3.05, 3.63) is 0 Å². The lowest BCUT2D eigenvalue weighted by atomic mass is 10.7. The summed E-state index contributed by atoms with van der Waals surface area (Å²) in [7, 11) is 1.50. The average molecular weight is 199 g/mol. The van der Waals surface area contributed by atoms with E-state index in [4.69, 9.17) is 14.6 Å². The van der Waals surface area contributed by atoms with Crippen LogP contribution in [-0.2, 0) is 9.47 Å². The molecule has 0 saturated carbocycles. The minimum Gasteiger partial charge on any atom is -0.391 e. The second-order valence-electron chi connectivity index (χ2n) is 1.41. The maximum atomic E-state index is 8.49. The second-order valence-corrected chi connectivity index (χ2v) is 2.20. The van der Waals surface area contributed by atoms with Crippen LogP contribution in [0.25, 0.3) is 0 Å². The zero-order chi connectivity index (χ0) is 7.11. The Hall–Kier alpha value is 0.360. The Bertz CT molecular complexity index is 56.2. The van der Waals surface area contributed by atoms with Crippen LogP contribution < -0.4 is 0 Å². The molecule has 1 atom stereocenters. The molecule has 0 aliphatic rings. The largest absolute Gasteiger partial charge is 0.391 e. The number of aliphatic hydroxyl groups excluding tert-OH is 1. The Labute approximate surface area is 63.1 Å². The van der Waals surface area contributed by atoms with Crippen molar-refractivity contribution in [3.63, 3.8) is 0 Å². The molecular weight excluding hydrogens is 188 g/mol. The number of halogens is 1. The smallest absolute Gasteiger partial charge is 0.180 e. The van der Waals surface area contributed by atoms with Gasteiger partial charge in [0.15, 0.2) is 6.29 Å². The van der Waals surface area contributed by atoms with Crippen molar-refractivity contribution in [1.29, 1.82) is 0 Å². The molecule has 0 aromatic rings. The number of rotatable bonds is 5. The molecular formula is C5H11BrO3. The predicted octanol–water partition coefficient (Wildman–Crippen LogP) is 0.363. The summed E-state index contributed by atoms with van der Waals surface area (Å²) in [4.78, 5) is 0. The van der Waals surface area contributed by atoms with Gasteiger partial charge < -0.3 is 14.6 Å². The van der Waals surface area contributed by atoms with E-state index < -0.39 is 6.29 Å². The van der Waals surface area contributed by atoms with Crippen molar-refractivity contribution in [3.8, 4) is 0 Å². The van der Waals surface area contributed by atoms with Gasteiger partial charge in [0.25, 0.3) is 0 Å². The van der Waals surface area contributed by atoms with E-state index in [0.717, 1.165) is 5.33 Å². The standard InChI is InChI=1S/C5H11BrO3/c1-8-5(4-7)9-3-2-6/h5,7H,2-4H2,1H3/t5-/m0/s1. The first-order chi connectivity index (χ1) is 4.35. The molecule has 56 valence electrons. The van der Waals surface area contributed by atoms with Gasteiger partial charge in [0.2, 0.25) is 0 Å². The van der Waals surface area contributed by atoms with Gasteiger partial charge in [-0.05, 0) is 0 Å². The van der Waals surface area contributed by atoms with Crippen molar-refractivity contribution in [2.24, 2.45) is 0 Å². The summed E-state index contributed by atoms with van der Waals surface area (Å²) in [5, 5.41) is 9.24. The topological polar surface area (TPSA) is 38.7 Å². The van der Waals surface area contributed by atoms with Gasteiger partial charge in [-0.25, -0.2) is 0 Å². The van der Waals surface area contributed by atoms with E-state index in [-0.39, 0.29) is 6.61 Å². The lowest BCUT2D eigenvalue weighted by Gasteiger charge is -2.11. The third-order valence-corrected chi connectivity index (χ3v) is 1.12. The zero-order valence-corrected chi connectivity index (χ0v) is 6.93. The van der Waals surface area contributed by atoms with Gasteiger partial charge in [0.1, 0.15) is 0 Å². The number of aliphatic hydroxyl groups is 1. The van der Waals surface area contributed by atoms with Crippen LogP contribution >= 0.6 is 15.9 Å². The molecule has 0 fully saturated rings. The van der Waals surface area contributed by atoms with Crippen molar-refractivity contribution in [2.75, 3.05) is 25.7 Å². The monoisotopic (exact) mass is 198 g/mol. The van der Waals surface area contributed by atoms with Crippen LogP contribution in [0.5, 0.6) is 0 Å². The van der Waals surface area contributed by atoms with E-state index in [1.165, 1.54) is 7.11 Å². The van der Waals surface area contributed by atoms with Gasteiger partial charge in [-0.1, -0.05) is 15.9 Å². The van der Waals surface area contributed by atoms with Gasteiger partial charge in [-0.15, -0.1) is 0 Å². The van der Waals surface area contributed by atoms with Gasteiger partial charge in [0.05, 0.1) is 13.2 Å². The quantitative estimate of drug-likeness (QED) is 0.513. The maximum Gasteiger partial charge on any atom is 0.180 e. The van der Waals surface area contributed by atoms with E-state index in [2.05, 4.69) is 15.9 Å². The number of methoxy groups -OCH3 is 1. The molecule has 4 heteroatoms. The van der Waals surface area contributed by atoms with Crippen LogP contribution in [0.2, 0.25) is 0 Å². The van der Waals surface area contributed by atoms with Gasteiger partial charge in [-0.2, -0.15) is 0 Å². The van der Waals surface area contributed by atoms with E-state index in [0.29, 0.717) is 6.61 Å². The molecule has 0 saturated heterocycles. The summed E-state index contributed by atoms with van der Waals surface area (Å²) in [6.07, 6.45) is -0.470. The number of alkyl halides is 1. The van der Waals surface area contributed by atoms with E-state index in [1.54, 1.807) is 0 Å². The molecule has 1 N–H and O–H groups in total. The van der Waals surface area contributed by atoms with Crippen LogP contribution in [0, 0.1) is 0 Å².